The molecule has 0 saturated carbocycles. The fourth-order valence-electron chi connectivity index (χ4n) is 3.17. The number of likely N-dealkylation sites (tertiary alicyclic amines) is 1. The second kappa shape index (κ2) is 5.21. The lowest BCUT2D eigenvalue weighted by Crippen LogP contribution is -2.23. The first-order valence-electron chi connectivity index (χ1n) is 7.49. The molecule has 1 N–H and O–H groups in total. The van der Waals surface area contributed by atoms with Gasteiger partial charge in [-0.2, -0.15) is 0 Å². The third-order valence-electron chi connectivity index (χ3n) is 4.17. The van der Waals surface area contributed by atoms with Crippen LogP contribution in [-0.2, 0) is 6.54 Å². The summed E-state index contributed by atoms with van der Waals surface area (Å²) in [5.41, 5.74) is 2.49. The smallest absolute Gasteiger partial charge is 0.191 e. The van der Waals surface area contributed by atoms with Gasteiger partial charge in [-0.05, 0) is 37.6 Å². The third kappa shape index (κ3) is 2.39. The molecular formula is C16H17FN4O. The second-order valence-electron chi connectivity index (χ2n) is 5.77. The Morgan fingerprint density at radius 2 is 2.32 bits per heavy atom. The zero-order chi connectivity index (χ0) is 15.1. The van der Waals surface area contributed by atoms with Crippen molar-refractivity contribution in [3.63, 3.8) is 0 Å². The molecule has 0 aliphatic carbocycles. The van der Waals surface area contributed by atoms with Crippen LogP contribution in [0, 0.1) is 12.7 Å². The third-order valence-corrected chi connectivity index (χ3v) is 4.17. The first-order chi connectivity index (χ1) is 10.7. The molecule has 2 aromatic heterocycles. The first kappa shape index (κ1) is 13.5. The minimum atomic E-state index is -0.246. The number of imidazole rings is 1. The van der Waals surface area contributed by atoms with Gasteiger partial charge in [-0.1, -0.05) is 0 Å². The van der Waals surface area contributed by atoms with Crippen molar-refractivity contribution in [3.05, 3.63) is 47.7 Å². The lowest BCUT2D eigenvalue weighted by atomic mass is 10.2. The van der Waals surface area contributed by atoms with E-state index in [1.807, 2.05) is 6.92 Å². The van der Waals surface area contributed by atoms with Crippen molar-refractivity contribution >= 4 is 11.0 Å². The molecule has 0 amide bonds. The largest absolute Gasteiger partial charge is 0.449 e. The van der Waals surface area contributed by atoms with Crippen LogP contribution in [0.5, 0.6) is 0 Å². The van der Waals surface area contributed by atoms with Gasteiger partial charge in [0.05, 0.1) is 22.8 Å². The van der Waals surface area contributed by atoms with Gasteiger partial charge >= 0.3 is 0 Å². The molecule has 1 aromatic carbocycles. The van der Waals surface area contributed by atoms with Gasteiger partial charge in [0.1, 0.15) is 17.9 Å². The van der Waals surface area contributed by atoms with Gasteiger partial charge in [-0.15, -0.1) is 0 Å². The number of nitrogens with zero attached hydrogens (tertiary/aromatic N) is 3. The van der Waals surface area contributed by atoms with Crippen molar-refractivity contribution in [2.24, 2.45) is 0 Å². The molecule has 1 saturated heterocycles. The van der Waals surface area contributed by atoms with E-state index in [1.165, 1.54) is 12.1 Å². The normalized spacial score (nSPS) is 19.3. The lowest BCUT2D eigenvalue weighted by Gasteiger charge is -2.21. The molecule has 1 atom stereocenters. The number of benzene rings is 1. The summed E-state index contributed by atoms with van der Waals surface area (Å²) < 4.78 is 18.6. The number of hydrogen-bond acceptors (Lipinski definition) is 4. The fraction of sp³-hybridized carbons (Fsp3) is 0.375. The molecule has 6 heteroatoms. The number of halogens is 1. The van der Waals surface area contributed by atoms with Crippen LogP contribution < -0.4 is 0 Å². The Bertz CT molecular complexity index is 809. The molecule has 0 radical (unpaired) electrons. The van der Waals surface area contributed by atoms with Crippen molar-refractivity contribution in [2.45, 2.75) is 32.4 Å². The van der Waals surface area contributed by atoms with Crippen LogP contribution in [0.2, 0.25) is 0 Å². The average molecular weight is 300 g/mol. The fourth-order valence-corrected chi connectivity index (χ4v) is 3.17. The zero-order valence-electron chi connectivity index (χ0n) is 12.3. The Hall–Kier alpha value is -2.21. The maximum atomic E-state index is 13.3. The number of rotatable bonds is 3. The highest BCUT2D eigenvalue weighted by atomic mass is 19.1. The number of aromatic amines is 1. The molecule has 0 spiro atoms. The summed E-state index contributed by atoms with van der Waals surface area (Å²) in [5.74, 6) is 1.34. The number of oxazole rings is 1. The summed E-state index contributed by atoms with van der Waals surface area (Å²) >= 11 is 0. The SMILES string of the molecule is Cc1nc(CN2CCC[C@@H]2c2nc3ccc(F)cc3[nH]2)co1. The first-order valence-corrected chi connectivity index (χ1v) is 7.49. The second-order valence-corrected chi connectivity index (χ2v) is 5.77. The summed E-state index contributed by atoms with van der Waals surface area (Å²) in [6, 6.07) is 4.86. The number of nitrogens with one attached hydrogen (secondary N) is 1. The molecule has 4 rings (SSSR count). The van der Waals surface area contributed by atoms with E-state index >= 15 is 0 Å². The van der Waals surface area contributed by atoms with E-state index in [9.17, 15) is 4.39 Å². The molecule has 3 aromatic rings. The highest BCUT2D eigenvalue weighted by Gasteiger charge is 2.29. The summed E-state index contributed by atoms with van der Waals surface area (Å²) in [6.45, 7) is 3.59. The summed E-state index contributed by atoms with van der Waals surface area (Å²) in [4.78, 5) is 14.6. The number of H-pyrrole nitrogens is 1. The van der Waals surface area contributed by atoms with E-state index in [0.717, 1.165) is 48.5 Å². The van der Waals surface area contributed by atoms with Crippen LogP contribution in [-0.4, -0.2) is 26.4 Å². The summed E-state index contributed by atoms with van der Waals surface area (Å²) in [6.07, 6.45) is 3.87. The highest BCUT2D eigenvalue weighted by Crippen LogP contribution is 2.32. The van der Waals surface area contributed by atoms with Crippen molar-refractivity contribution in [3.8, 4) is 0 Å². The average Bonchev–Trinajstić information content (AvgIpc) is 3.18. The van der Waals surface area contributed by atoms with Crippen LogP contribution in [0.25, 0.3) is 11.0 Å². The van der Waals surface area contributed by atoms with Crippen molar-refractivity contribution in [1.82, 2.24) is 19.9 Å². The van der Waals surface area contributed by atoms with Gasteiger partial charge in [0, 0.05) is 13.5 Å². The molecule has 5 nitrogen and oxygen atoms in total. The predicted molar refractivity (Wildman–Crippen MR) is 79.7 cm³/mol. The minimum absolute atomic E-state index is 0.215. The Kier molecular flexibility index (Phi) is 3.18. The minimum Gasteiger partial charge on any atom is -0.449 e. The van der Waals surface area contributed by atoms with E-state index in [1.54, 1.807) is 12.3 Å². The van der Waals surface area contributed by atoms with E-state index < -0.39 is 0 Å². The number of aryl methyl sites for hydroxylation is 1. The maximum absolute atomic E-state index is 13.3. The molecular weight excluding hydrogens is 283 g/mol. The van der Waals surface area contributed by atoms with Crippen molar-refractivity contribution in [2.75, 3.05) is 6.54 Å². The van der Waals surface area contributed by atoms with Crippen molar-refractivity contribution in [1.29, 1.82) is 0 Å². The molecule has 114 valence electrons. The monoisotopic (exact) mass is 300 g/mol. The molecule has 1 fully saturated rings. The molecule has 0 unspecified atom stereocenters. The van der Waals surface area contributed by atoms with Crippen LogP contribution in [0.15, 0.2) is 28.9 Å². The van der Waals surface area contributed by atoms with Gasteiger partial charge in [0.2, 0.25) is 0 Å². The Labute approximate surface area is 127 Å². The standard InChI is InChI=1S/C16H17FN4O/c1-10-18-12(9-22-10)8-21-6-2-3-15(21)16-19-13-5-4-11(17)7-14(13)20-16/h4-5,7,9,15H,2-3,6,8H2,1H3,(H,19,20)/t15-/m1/s1. The zero-order valence-corrected chi connectivity index (χ0v) is 12.3. The highest BCUT2D eigenvalue weighted by molar-refractivity contribution is 5.75. The molecule has 1 aliphatic rings. The summed E-state index contributed by atoms with van der Waals surface area (Å²) in [7, 11) is 0. The van der Waals surface area contributed by atoms with E-state index in [4.69, 9.17) is 4.42 Å². The topological polar surface area (TPSA) is 58.0 Å². The van der Waals surface area contributed by atoms with Gasteiger partial charge in [-0.3, -0.25) is 4.90 Å². The quantitative estimate of drug-likeness (QED) is 0.806. The Balaban J connectivity index is 1.61. The van der Waals surface area contributed by atoms with Gasteiger partial charge in [0.15, 0.2) is 5.89 Å². The van der Waals surface area contributed by atoms with Gasteiger partial charge in [-0.25, -0.2) is 14.4 Å². The molecule has 0 bridgehead atoms. The van der Waals surface area contributed by atoms with Crippen LogP contribution in [0.1, 0.15) is 36.3 Å². The summed E-state index contributed by atoms with van der Waals surface area (Å²) in [5, 5.41) is 0. The Morgan fingerprint density at radius 3 is 3.14 bits per heavy atom. The van der Waals surface area contributed by atoms with Crippen LogP contribution in [0.3, 0.4) is 0 Å². The van der Waals surface area contributed by atoms with E-state index in [2.05, 4.69) is 19.9 Å². The van der Waals surface area contributed by atoms with E-state index in [0.29, 0.717) is 5.89 Å². The number of aromatic nitrogens is 3. The number of hydrogen-bond donors (Lipinski definition) is 1. The van der Waals surface area contributed by atoms with Crippen LogP contribution in [0.4, 0.5) is 4.39 Å². The molecule has 3 heterocycles. The molecule has 22 heavy (non-hydrogen) atoms. The number of fused-ring (bicyclic) bond motifs is 1. The lowest BCUT2D eigenvalue weighted by molar-refractivity contribution is 0.238. The van der Waals surface area contributed by atoms with Crippen molar-refractivity contribution < 1.29 is 8.81 Å². The van der Waals surface area contributed by atoms with E-state index in [-0.39, 0.29) is 11.9 Å². The molecule has 1 aliphatic heterocycles. The van der Waals surface area contributed by atoms with Gasteiger partial charge in [0.25, 0.3) is 0 Å². The van der Waals surface area contributed by atoms with Crippen LogP contribution >= 0.6 is 0 Å². The maximum Gasteiger partial charge on any atom is 0.191 e. The Morgan fingerprint density at radius 1 is 1.41 bits per heavy atom. The van der Waals surface area contributed by atoms with Gasteiger partial charge < -0.3 is 9.40 Å². The predicted octanol–water partition coefficient (Wildman–Crippen LogP) is 3.34.